The fraction of sp³-hybridized carbons (Fsp3) is 1.00. The summed E-state index contributed by atoms with van der Waals surface area (Å²) in [5.74, 6) is 2.24. The summed E-state index contributed by atoms with van der Waals surface area (Å²) < 4.78 is 0. The van der Waals surface area contributed by atoms with E-state index in [1.165, 1.54) is 50.8 Å². The standard InChI is InChI=1S/C16H32N2S/c1-13-7-5-9-16(11-13,18(3)4)12-17-15-8-6-10-19-14(15)2/h13-15,17H,5-12H2,1-4H3. The maximum absolute atomic E-state index is 3.92. The van der Waals surface area contributed by atoms with Crippen molar-refractivity contribution in [3.63, 3.8) is 0 Å². The number of thioether (sulfide) groups is 1. The lowest BCUT2D eigenvalue weighted by atomic mass is 9.75. The first-order valence-electron chi connectivity index (χ1n) is 8.06. The zero-order valence-electron chi connectivity index (χ0n) is 13.2. The Balaban J connectivity index is 1.93. The average molecular weight is 285 g/mol. The summed E-state index contributed by atoms with van der Waals surface area (Å²) in [6, 6.07) is 0.729. The second kappa shape index (κ2) is 6.82. The number of hydrogen-bond acceptors (Lipinski definition) is 3. The van der Waals surface area contributed by atoms with Crippen molar-refractivity contribution in [1.82, 2.24) is 10.2 Å². The first-order valence-corrected chi connectivity index (χ1v) is 9.11. The van der Waals surface area contributed by atoms with Gasteiger partial charge < -0.3 is 10.2 Å². The van der Waals surface area contributed by atoms with Crippen molar-refractivity contribution in [1.29, 1.82) is 0 Å². The first kappa shape index (κ1) is 15.7. The number of likely N-dealkylation sites (N-methyl/N-ethyl adjacent to an activating group) is 1. The average Bonchev–Trinajstić information content (AvgIpc) is 2.38. The monoisotopic (exact) mass is 284 g/mol. The molecule has 0 radical (unpaired) electrons. The molecule has 2 fully saturated rings. The van der Waals surface area contributed by atoms with Crippen LogP contribution in [-0.4, -0.2) is 48.1 Å². The highest BCUT2D eigenvalue weighted by atomic mass is 32.2. The zero-order chi connectivity index (χ0) is 13.9. The van der Waals surface area contributed by atoms with Crippen LogP contribution in [0.4, 0.5) is 0 Å². The van der Waals surface area contributed by atoms with Gasteiger partial charge in [0, 0.05) is 23.4 Å². The molecule has 0 aromatic rings. The van der Waals surface area contributed by atoms with Crippen LogP contribution in [0.3, 0.4) is 0 Å². The Morgan fingerprint density at radius 1 is 1.21 bits per heavy atom. The molecule has 1 saturated heterocycles. The number of nitrogens with zero attached hydrogens (tertiary/aromatic N) is 1. The normalized spacial score (nSPS) is 40.6. The van der Waals surface area contributed by atoms with Gasteiger partial charge in [-0.3, -0.25) is 0 Å². The Hall–Kier alpha value is 0.270. The van der Waals surface area contributed by atoms with E-state index in [0.717, 1.165) is 17.2 Å². The van der Waals surface area contributed by atoms with Crippen molar-refractivity contribution in [2.24, 2.45) is 5.92 Å². The number of hydrogen-bond donors (Lipinski definition) is 1. The molecule has 0 aromatic carbocycles. The van der Waals surface area contributed by atoms with E-state index in [4.69, 9.17) is 0 Å². The second-order valence-electron chi connectivity index (χ2n) is 7.03. The van der Waals surface area contributed by atoms with Crippen LogP contribution in [0.25, 0.3) is 0 Å². The molecule has 0 aromatic heterocycles. The lowest BCUT2D eigenvalue weighted by molar-refractivity contribution is 0.0718. The number of nitrogens with one attached hydrogen (secondary N) is 1. The predicted octanol–water partition coefficient (Wildman–Crippen LogP) is 3.37. The van der Waals surface area contributed by atoms with Crippen LogP contribution in [0.1, 0.15) is 52.4 Å². The van der Waals surface area contributed by atoms with E-state index in [0.29, 0.717) is 5.54 Å². The van der Waals surface area contributed by atoms with Crippen LogP contribution in [0.2, 0.25) is 0 Å². The minimum atomic E-state index is 0.402. The summed E-state index contributed by atoms with van der Waals surface area (Å²) in [6.07, 6.45) is 8.30. The molecule has 19 heavy (non-hydrogen) atoms. The van der Waals surface area contributed by atoms with Gasteiger partial charge in [0.05, 0.1) is 0 Å². The summed E-state index contributed by atoms with van der Waals surface area (Å²) in [4.78, 5) is 2.50. The highest BCUT2D eigenvalue weighted by molar-refractivity contribution is 7.99. The van der Waals surface area contributed by atoms with Gasteiger partial charge in [-0.15, -0.1) is 0 Å². The van der Waals surface area contributed by atoms with Gasteiger partial charge in [0.2, 0.25) is 0 Å². The van der Waals surface area contributed by atoms with Crippen LogP contribution in [0.15, 0.2) is 0 Å². The maximum atomic E-state index is 3.92. The van der Waals surface area contributed by atoms with Crippen LogP contribution < -0.4 is 5.32 Å². The van der Waals surface area contributed by atoms with Gasteiger partial charge in [0.1, 0.15) is 0 Å². The Morgan fingerprint density at radius 3 is 2.63 bits per heavy atom. The molecule has 3 heteroatoms. The molecule has 1 aliphatic carbocycles. The predicted molar refractivity (Wildman–Crippen MR) is 87.0 cm³/mol. The minimum absolute atomic E-state index is 0.402. The molecule has 2 aliphatic rings. The third kappa shape index (κ3) is 3.89. The van der Waals surface area contributed by atoms with Crippen LogP contribution in [0.5, 0.6) is 0 Å². The second-order valence-corrected chi connectivity index (χ2v) is 8.51. The zero-order valence-corrected chi connectivity index (χ0v) is 14.1. The number of rotatable bonds is 4. The Kier molecular flexibility index (Phi) is 5.62. The van der Waals surface area contributed by atoms with Crippen molar-refractivity contribution >= 4 is 11.8 Å². The van der Waals surface area contributed by atoms with E-state index < -0.39 is 0 Å². The molecule has 2 nitrogen and oxygen atoms in total. The molecule has 4 unspecified atom stereocenters. The molecule has 0 spiro atoms. The first-order chi connectivity index (χ1) is 9.03. The molecule has 0 amide bonds. The van der Waals surface area contributed by atoms with Gasteiger partial charge >= 0.3 is 0 Å². The Bertz CT molecular complexity index is 282. The van der Waals surface area contributed by atoms with E-state index in [2.05, 4.69) is 49.9 Å². The fourth-order valence-electron chi connectivity index (χ4n) is 3.87. The molecule has 4 atom stereocenters. The van der Waals surface area contributed by atoms with Gasteiger partial charge in [-0.25, -0.2) is 0 Å². The fourth-order valence-corrected chi connectivity index (χ4v) is 5.04. The molecular weight excluding hydrogens is 252 g/mol. The third-order valence-electron chi connectivity index (χ3n) is 5.32. The van der Waals surface area contributed by atoms with Gasteiger partial charge in [-0.2, -0.15) is 11.8 Å². The lowest BCUT2D eigenvalue weighted by Crippen LogP contribution is -2.56. The van der Waals surface area contributed by atoms with Crippen molar-refractivity contribution in [3.8, 4) is 0 Å². The summed E-state index contributed by atoms with van der Waals surface area (Å²) in [5, 5.41) is 4.71. The summed E-state index contributed by atoms with van der Waals surface area (Å²) in [7, 11) is 4.55. The maximum Gasteiger partial charge on any atom is 0.0330 e. The van der Waals surface area contributed by atoms with Crippen molar-refractivity contribution in [2.45, 2.75) is 69.2 Å². The Morgan fingerprint density at radius 2 is 2.00 bits per heavy atom. The molecule has 2 rings (SSSR count). The van der Waals surface area contributed by atoms with Crippen molar-refractivity contribution < 1.29 is 0 Å². The Labute approximate surface area is 124 Å². The summed E-state index contributed by atoms with van der Waals surface area (Å²) in [6.45, 7) is 6.00. The molecule has 0 bridgehead atoms. The van der Waals surface area contributed by atoms with E-state index in [-0.39, 0.29) is 0 Å². The topological polar surface area (TPSA) is 15.3 Å². The molecule has 1 saturated carbocycles. The smallest absolute Gasteiger partial charge is 0.0330 e. The van der Waals surface area contributed by atoms with Gasteiger partial charge in [0.15, 0.2) is 0 Å². The van der Waals surface area contributed by atoms with E-state index in [1.54, 1.807) is 0 Å². The van der Waals surface area contributed by atoms with Gasteiger partial charge in [-0.1, -0.05) is 26.7 Å². The SMILES string of the molecule is CC1CCCC(CNC2CCCSC2C)(N(C)C)C1. The summed E-state index contributed by atoms with van der Waals surface area (Å²) in [5.41, 5.74) is 0.402. The quantitative estimate of drug-likeness (QED) is 0.852. The minimum Gasteiger partial charge on any atom is -0.311 e. The van der Waals surface area contributed by atoms with Gasteiger partial charge in [-0.05, 0) is 51.4 Å². The molecule has 1 N–H and O–H groups in total. The molecule has 112 valence electrons. The van der Waals surface area contributed by atoms with Crippen LogP contribution in [0, 0.1) is 5.92 Å². The summed E-state index contributed by atoms with van der Waals surface area (Å²) >= 11 is 2.14. The molecule has 1 heterocycles. The highest BCUT2D eigenvalue weighted by Gasteiger charge is 2.37. The van der Waals surface area contributed by atoms with Crippen molar-refractivity contribution in [2.75, 3.05) is 26.4 Å². The van der Waals surface area contributed by atoms with Crippen molar-refractivity contribution in [3.05, 3.63) is 0 Å². The largest absolute Gasteiger partial charge is 0.311 e. The van der Waals surface area contributed by atoms with E-state index >= 15 is 0 Å². The van der Waals surface area contributed by atoms with Crippen LogP contribution in [-0.2, 0) is 0 Å². The van der Waals surface area contributed by atoms with Crippen LogP contribution >= 0.6 is 11.8 Å². The van der Waals surface area contributed by atoms with Gasteiger partial charge in [0.25, 0.3) is 0 Å². The third-order valence-corrected chi connectivity index (χ3v) is 6.70. The molecule has 1 aliphatic heterocycles. The molecular formula is C16H32N2S. The highest BCUT2D eigenvalue weighted by Crippen LogP contribution is 2.36. The van der Waals surface area contributed by atoms with E-state index in [9.17, 15) is 0 Å². The lowest BCUT2D eigenvalue weighted by Gasteiger charge is -2.46. The van der Waals surface area contributed by atoms with E-state index in [1.807, 2.05) is 0 Å².